The second-order valence-electron chi connectivity index (χ2n) is 9.03. The third kappa shape index (κ3) is 3.99. The maximum atomic E-state index is 13.1. The van der Waals surface area contributed by atoms with Crippen LogP contribution in [-0.2, 0) is 0 Å². The molecule has 3 aromatic rings. The van der Waals surface area contributed by atoms with Crippen molar-refractivity contribution < 1.29 is 4.79 Å². The molecule has 2 aromatic heterocycles. The highest BCUT2D eigenvalue weighted by molar-refractivity contribution is 7.19. The van der Waals surface area contributed by atoms with Crippen molar-refractivity contribution in [3.63, 3.8) is 0 Å². The number of hydrogen-bond donors (Lipinski definition) is 1. The predicted molar refractivity (Wildman–Crippen MR) is 130 cm³/mol. The molecule has 2 saturated heterocycles. The van der Waals surface area contributed by atoms with Crippen LogP contribution in [0.5, 0.6) is 0 Å². The number of carbonyl (C=O) groups is 1. The monoisotopic (exact) mass is 458 g/mol. The molecule has 5 rings (SSSR count). The number of nitrogens with one attached hydrogen (secondary N) is 1. The predicted octanol–water partition coefficient (Wildman–Crippen LogP) is 4.67. The van der Waals surface area contributed by atoms with E-state index in [0.717, 1.165) is 65.6 Å². The summed E-state index contributed by atoms with van der Waals surface area (Å²) in [4.78, 5) is 27.6. The summed E-state index contributed by atoms with van der Waals surface area (Å²) in [7, 11) is 2.14. The van der Waals surface area contributed by atoms with Gasteiger partial charge in [0.1, 0.15) is 0 Å². The Labute approximate surface area is 197 Å². The fourth-order valence-corrected chi connectivity index (χ4v) is 5.80. The van der Waals surface area contributed by atoms with Gasteiger partial charge in [0.25, 0.3) is 0 Å². The van der Waals surface area contributed by atoms with E-state index in [0.29, 0.717) is 10.7 Å². The van der Waals surface area contributed by atoms with Gasteiger partial charge in [-0.2, -0.15) is 5.26 Å². The quantitative estimate of drug-likeness (QED) is 0.616. The lowest BCUT2D eigenvalue weighted by atomic mass is 9.85. The third-order valence-corrected chi connectivity index (χ3v) is 7.81. The Morgan fingerprint density at radius 2 is 1.88 bits per heavy atom. The molecule has 8 heteroatoms. The van der Waals surface area contributed by atoms with Crippen LogP contribution < -0.4 is 5.32 Å². The molecular weight excluding hydrogens is 432 g/mol. The molecule has 2 amide bonds. The van der Waals surface area contributed by atoms with Crippen molar-refractivity contribution in [3.8, 4) is 27.8 Å². The number of anilines is 1. The van der Waals surface area contributed by atoms with Crippen molar-refractivity contribution in [2.24, 2.45) is 0 Å². The first-order valence-corrected chi connectivity index (χ1v) is 11.9. The zero-order chi connectivity index (χ0) is 23.2. The first kappa shape index (κ1) is 21.6. The smallest absolute Gasteiger partial charge is 0.323 e. The second-order valence-corrected chi connectivity index (χ2v) is 10.0. The van der Waals surface area contributed by atoms with Gasteiger partial charge in [-0.3, -0.25) is 15.2 Å². The molecule has 2 fully saturated rings. The molecule has 168 valence electrons. The van der Waals surface area contributed by atoms with Crippen molar-refractivity contribution in [3.05, 3.63) is 53.3 Å². The van der Waals surface area contributed by atoms with Gasteiger partial charge in [-0.25, -0.2) is 9.78 Å². The number of rotatable bonds is 3. The molecule has 2 aliphatic heterocycles. The minimum Gasteiger partial charge on any atom is -0.323 e. The number of nitriles is 1. The van der Waals surface area contributed by atoms with Crippen molar-refractivity contribution >= 4 is 22.5 Å². The molecule has 0 saturated carbocycles. The summed E-state index contributed by atoms with van der Waals surface area (Å²) in [6.07, 6.45) is 2.16. The van der Waals surface area contributed by atoms with Crippen LogP contribution in [-0.4, -0.2) is 58.0 Å². The van der Waals surface area contributed by atoms with Gasteiger partial charge >= 0.3 is 6.03 Å². The van der Waals surface area contributed by atoms with Crippen LogP contribution in [0.4, 0.5) is 9.93 Å². The molecular formula is C25H26N6OS. The Morgan fingerprint density at radius 3 is 2.52 bits per heavy atom. The SMILES string of the molecule is Cc1cc(-c2sc(NC(=O)N3CCC4(CCN4C)C3)nc2-c2cccc(C#N)c2)cc(C)n1. The normalized spacial score (nSPS) is 20.0. The lowest BCUT2D eigenvalue weighted by molar-refractivity contribution is 0.0227. The summed E-state index contributed by atoms with van der Waals surface area (Å²) in [5.74, 6) is 0. The van der Waals surface area contributed by atoms with Crippen LogP contribution in [0.15, 0.2) is 36.4 Å². The van der Waals surface area contributed by atoms with Gasteiger partial charge < -0.3 is 4.90 Å². The molecule has 2 aliphatic rings. The van der Waals surface area contributed by atoms with Gasteiger partial charge in [-0.15, -0.1) is 0 Å². The minimum atomic E-state index is -0.105. The van der Waals surface area contributed by atoms with Crippen LogP contribution in [0.1, 0.15) is 29.8 Å². The van der Waals surface area contributed by atoms with Crippen LogP contribution >= 0.6 is 11.3 Å². The van der Waals surface area contributed by atoms with Crippen LogP contribution in [0.2, 0.25) is 0 Å². The molecule has 1 atom stereocenters. The Balaban J connectivity index is 1.48. The van der Waals surface area contributed by atoms with Crippen LogP contribution in [0, 0.1) is 25.2 Å². The zero-order valence-electron chi connectivity index (χ0n) is 19.1. The van der Waals surface area contributed by atoms with E-state index in [-0.39, 0.29) is 11.6 Å². The lowest BCUT2D eigenvalue weighted by Crippen LogP contribution is -2.59. The number of carbonyl (C=O) groups excluding carboxylic acids is 1. The molecule has 33 heavy (non-hydrogen) atoms. The maximum Gasteiger partial charge on any atom is 0.323 e. The number of aromatic nitrogens is 2. The van der Waals surface area contributed by atoms with E-state index < -0.39 is 0 Å². The lowest BCUT2D eigenvalue weighted by Gasteiger charge is -2.48. The van der Waals surface area contributed by atoms with Crippen LogP contribution in [0.3, 0.4) is 0 Å². The average Bonchev–Trinajstić information content (AvgIpc) is 3.44. The molecule has 4 heterocycles. The minimum absolute atomic E-state index is 0.105. The average molecular weight is 459 g/mol. The Hall–Kier alpha value is -3.28. The number of amides is 2. The Bertz CT molecular complexity index is 1260. The molecule has 7 nitrogen and oxygen atoms in total. The summed E-state index contributed by atoms with van der Waals surface area (Å²) in [5, 5.41) is 13.0. The van der Waals surface area contributed by atoms with E-state index in [1.807, 2.05) is 49.1 Å². The summed E-state index contributed by atoms with van der Waals surface area (Å²) in [5.41, 5.74) is 5.19. The molecule has 1 aromatic carbocycles. The molecule has 0 bridgehead atoms. The van der Waals surface area contributed by atoms with E-state index in [9.17, 15) is 10.1 Å². The zero-order valence-corrected chi connectivity index (χ0v) is 19.9. The van der Waals surface area contributed by atoms with Gasteiger partial charge in [0.2, 0.25) is 0 Å². The van der Waals surface area contributed by atoms with Crippen molar-refractivity contribution in [2.45, 2.75) is 32.2 Å². The van der Waals surface area contributed by atoms with E-state index in [2.05, 4.69) is 28.3 Å². The number of pyridine rings is 1. The number of likely N-dealkylation sites (N-methyl/N-ethyl adjacent to an activating group) is 1. The van der Waals surface area contributed by atoms with E-state index in [1.165, 1.54) is 11.3 Å². The molecule has 0 aliphatic carbocycles. The van der Waals surface area contributed by atoms with E-state index >= 15 is 0 Å². The number of thiazole rings is 1. The van der Waals surface area contributed by atoms with Crippen LogP contribution in [0.25, 0.3) is 21.7 Å². The summed E-state index contributed by atoms with van der Waals surface area (Å²) in [6.45, 7) is 6.55. The highest BCUT2D eigenvalue weighted by Gasteiger charge is 2.48. The number of aryl methyl sites for hydroxylation is 2. The maximum absolute atomic E-state index is 13.1. The van der Waals surface area contributed by atoms with Crippen molar-refractivity contribution in [2.75, 3.05) is 32.0 Å². The van der Waals surface area contributed by atoms with Gasteiger partial charge in [0.05, 0.1) is 22.2 Å². The van der Waals surface area contributed by atoms with Gasteiger partial charge in [-0.1, -0.05) is 23.5 Å². The molecule has 1 unspecified atom stereocenters. The number of nitrogens with zero attached hydrogens (tertiary/aromatic N) is 5. The first-order valence-electron chi connectivity index (χ1n) is 11.1. The Kier molecular flexibility index (Phi) is 5.39. The fraction of sp³-hybridized carbons (Fsp3) is 0.360. The van der Waals surface area contributed by atoms with Crippen molar-refractivity contribution in [1.82, 2.24) is 19.8 Å². The van der Waals surface area contributed by atoms with Gasteiger partial charge in [0, 0.05) is 42.1 Å². The topological polar surface area (TPSA) is 85.2 Å². The molecule has 0 radical (unpaired) electrons. The largest absolute Gasteiger partial charge is 0.323 e. The number of hydrogen-bond acceptors (Lipinski definition) is 6. The van der Waals surface area contributed by atoms with E-state index in [1.54, 1.807) is 6.07 Å². The second kappa shape index (κ2) is 8.25. The van der Waals surface area contributed by atoms with E-state index in [4.69, 9.17) is 4.98 Å². The summed E-state index contributed by atoms with van der Waals surface area (Å²) >= 11 is 1.45. The molecule has 1 N–H and O–H groups in total. The van der Waals surface area contributed by atoms with Crippen molar-refractivity contribution in [1.29, 1.82) is 5.26 Å². The molecule has 1 spiro atoms. The highest BCUT2D eigenvalue weighted by atomic mass is 32.1. The fourth-order valence-electron chi connectivity index (χ4n) is 4.83. The van der Waals surface area contributed by atoms with Gasteiger partial charge in [0.15, 0.2) is 5.13 Å². The summed E-state index contributed by atoms with van der Waals surface area (Å²) < 4.78 is 0. The number of urea groups is 1. The first-order chi connectivity index (χ1) is 15.9. The number of likely N-dealkylation sites (tertiary alicyclic amines) is 2. The third-order valence-electron chi connectivity index (χ3n) is 6.79. The van der Waals surface area contributed by atoms with Gasteiger partial charge in [-0.05, 0) is 63.6 Å². The summed E-state index contributed by atoms with van der Waals surface area (Å²) in [6, 6.07) is 13.6. The number of benzene rings is 1. The Morgan fingerprint density at radius 1 is 1.12 bits per heavy atom. The highest BCUT2D eigenvalue weighted by Crippen LogP contribution is 2.41. The standard InChI is InChI=1S/C25H26N6OS/c1-16-11-20(12-17(2)27-16)22-21(19-6-4-5-18(13-19)14-26)28-23(33-22)29-24(32)31-10-8-25(15-31)7-9-30(25)3/h4-6,11-13H,7-10,15H2,1-3H3,(H,28,29,32).